The molecule has 0 saturated carbocycles. The molecule has 0 aliphatic carbocycles. The molecule has 130 valence electrons. The van der Waals surface area contributed by atoms with Gasteiger partial charge in [-0.2, -0.15) is 0 Å². The highest BCUT2D eigenvalue weighted by Crippen LogP contribution is 2.22. The van der Waals surface area contributed by atoms with Gasteiger partial charge in [-0.1, -0.05) is 29.8 Å². The van der Waals surface area contributed by atoms with E-state index in [1.807, 2.05) is 0 Å². The second kappa shape index (κ2) is 8.08. The summed E-state index contributed by atoms with van der Waals surface area (Å²) in [6.45, 7) is 3.74. The molecule has 2 N–H and O–H groups in total. The second-order valence-electron chi connectivity index (χ2n) is 5.95. The van der Waals surface area contributed by atoms with Gasteiger partial charge < -0.3 is 15.2 Å². The molecule has 0 unspecified atom stereocenters. The van der Waals surface area contributed by atoms with E-state index in [1.165, 1.54) is 16.5 Å². The number of amides is 2. The molecule has 2 amide bonds. The SMILES string of the molecule is CCn1cc(CCCNC(=O)Nc2ccc(Cl)cc2)c2ccccc21. The predicted octanol–water partition coefficient (Wildman–Crippen LogP) is 5.07. The van der Waals surface area contributed by atoms with Gasteiger partial charge in [-0.25, -0.2) is 4.79 Å². The summed E-state index contributed by atoms with van der Waals surface area (Å²) in [6, 6.07) is 15.3. The van der Waals surface area contributed by atoms with Crippen LogP contribution in [0.2, 0.25) is 5.02 Å². The molecule has 0 atom stereocenters. The number of para-hydroxylation sites is 1. The molecule has 3 rings (SSSR count). The van der Waals surface area contributed by atoms with Crippen LogP contribution in [-0.2, 0) is 13.0 Å². The number of anilines is 1. The van der Waals surface area contributed by atoms with E-state index in [9.17, 15) is 4.79 Å². The van der Waals surface area contributed by atoms with Crippen LogP contribution in [0, 0.1) is 0 Å². The molecule has 1 aromatic heterocycles. The second-order valence-corrected chi connectivity index (χ2v) is 6.39. The Labute approximate surface area is 152 Å². The zero-order valence-electron chi connectivity index (χ0n) is 14.3. The topological polar surface area (TPSA) is 46.1 Å². The van der Waals surface area contributed by atoms with Gasteiger partial charge in [0.15, 0.2) is 0 Å². The minimum Gasteiger partial charge on any atom is -0.347 e. The van der Waals surface area contributed by atoms with Crippen molar-refractivity contribution in [2.45, 2.75) is 26.3 Å². The van der Waals surface area contributed by atoms with Crippen LogP contribution in [0.15, 0.2) is 54.7 Å². The molecule has 1 heterocycles. The third kappa shape index (κ3) is 4.34. The number of fused-ring (bicyclic) bond motifs is 1. The van der Waals surface area contributed by atoms with Gasteiger partial charge in [-0.15, -0.1) is 0 Å². The molecule has 2 aromatic carbocycles. The number of carbonyl (C=O) groups excluding carboxylic acids is 1. The number of aromatic nitrogens is 1. The Morgan fingerprint density at radius 3 is 2.64 bits per heavy atom. The number of halogens is 1. The smallest absolute Gasteiger partial charge is 0.319 e. The number of urea groups is 1. The Kier molecular flexibility index (Phi) is 5.61. The van der Waals surface area contributed by atoms with Gasteiger partial charge in [0.2, 0.25) is 0 Å². The highest BCUT2D eigenvalue weighted by Gasteiger charge is 2.07. The van der Waals surface area contributed by atoms with Crippen molar-refractivity contribution in [1.29, 1.82) is 0 Å². The molecule has 0 saturated heterocycles. The number of hydrogen-bond donors (Lipinski definition) is 2. The van der Waals surface area contributed by atoms with E-state index in [-0.39, 0.29) is 6.03 Å². The quantitative estimate of drug-likeness (QED) is 0.596. The molecule has 25 heavy (non-hydrogen) atoms. The Bertz CT molecular complexity index is 855. The zero-order valence-corrected chi connectivity index (χ0v) is 15.0. The van der Waals surface area contributed by atoms with E-state index in [2.05, 4.69) is 52.6 Å². The monoisotopic (exact) mass is 355 g/mol. The van der Waals surface area contributed by atoms with Crippen molar-refractivity contribution in [2.24, 2.45) is 0 Å². The van der Waals surface area contributed by atoms with Crippen molar-refractivity contribution in [3.8, 4) is 0 Å². The lowest BCUT2D eigenvalue weighted by atomic mass is 10.1. The average molecular weight is 356 g/mol. The average Bonchev–Trinajstić information content (AvgIpc) is 2.99. The number of benzene rings is 2. The molecule has 4 nitrogen and oxygen atoms in total. The summed E-state index contributed by atoms with van der Waals surface area (Å²) in [6.07, 6.45) is 4.05. The number of aryl methyl sites for hydroxylation is 2. The molecule has 0 aliphatic rings. The molecule has 0 fully saturated rings. The minimum atomic E-state index is -0.196. The lowest BCUT2D eigenvalue weighted by Crippen LogP contribution is -2.29. The summed E-state index contributed by atoms with van der Waals surface area (Å²) in [7, 11) is 0. The fraction of sp³-hybridized carbons (Fsp3) is 0.250. The van der Waals surface area contributed by atoms with Crippen molar-refractivity contribution in [1.82, 2.24) is 9.88 Å². The number of carbonyl (C=O) groups is 1. The summed E-state index contributed by atoms with van der Waals surface area (Å²) >= 11 is 5.83. The molecular formula is C20H22ClN3O. The van der Waals surface area contributed by atoms with Crippen LogP contribution in [0.4, 0.5) is 10.5 Å². The summed E-state index contributed by atoms with van der Waals surface area (Å²) < 4.78 is 2.27. The number of hydrogen-bond acceptors (Lipinski definition) is 1. The molecule has 0 radical (unpaired) electrons. The zero-order chi connectivity index (χ0) is 17.6. The van der Waals surface area contributed by atoms with Crippen molar-refractivity contribution >= 4 is 34.2 Å². The molecule has 0 bridgehead atoms. The van der Waals surface area contributed by atoms with E-state index in [1.54, 1.807) is 24.3 Å². The van der Waals surface area contributed by atoms with Gasteiger partial charge in [0, 0.05) is 40.9 Å². The summed E-state index contributed by atoms with van der Waals surface area (Å²) in [5, 5.41) is 7.64. The first-order chi connectivity index (χ1) is 12.2. The number of rotatable bonds is 6. The van der Waals surface area contributed by atoms with Crippen LogP contribution in [0.3, 0.4) is 0 Å². The highest BCUT2D eigenvalue weighted by molar-refractivity contribution is 6.30. The van der Waals surface area contributed by atoms with Crippen molar-refractivity contribution in [3.63, 3.8) is 0 Å². The summed E-state index contributed by atoms with van der Waals surface area (Å²) in [5.74, 6) is 0. The normalized spacial score (nSPS) is 10.8. The molecule has 3 aromatic rings. The van der Waals surface area contributed by atoms with Crippen LogP contribution in [-0.4, -0.2) is 17.1 Å². The van der Waals surface area contributed by atoms with E-state index in [4.69, 9.17) is 11.6 Å². The van der Waals surface area contributed by atoms with Gasteiger partial charge >= 0.3 is 6.03 Å². The van der Waals surface area contributed by atoms with Crippen LogP contribution < -0.4 is 10.6 Å². The Morgan fingerprint density at radius 2 is 1.88 bits per heavy atom. The Morgan fingerprint density at radius 1 is 1.12 bits per heavy atom. The van der Waals surface area contributed by atoms with Gasteiger partial charge in [0.1, 0.15) is 0 Å². The van der Waals surface area contributed by atoms with Crippen LogP contribution in [0.5, 0.6) is 0 Å². The maximum atomic E-state index is 11.9. The first kappa shape index (κ1) is 17.4. The minimum absolute atomic E-state index is 0.196. The van der Waals surface area contributed by atoms with Crippen molar-refractivity contribution < 1.29 is 4.79 Å². The summed E-state index contributed by atoms with van der Waals surface area (Å²) in [5.41, 5.74) is 3.33. The van der Waals surface area contributed by atoms with E-state index < -0.39 is 0 Å². The van der Waals surface area contributed by atoms with Crippen molar-refractivity contribution in [2.75, 3.05) is 11.9 Å². The Hall–Kier alpha value is -2.46. The molecule has 0 aliphatic heterocycles. The fourth-order valence-corrected chi connectivity index (χ4v) is 3.10. The maximum absolute atomic E-state index is 11.9. The first-order valence-corrected chi connectivity index (χ1v) is 8.92. The fourth-order valence-electron chi connectivity index (χ4n) is 2.97. The third-order valence-corrected chi connectivity index (χ3v) is 4.47. The van der Waals surface area contributed by atoms with Crippen LogP contribution >= 0.6 is 11.6 Å². The van der Waals surface area contributed by atoms with Gasteiger partial charge in [0.25, 0.3) is 0 Å². The molecular weight excluding hydrogens is 334 g/mol. The standard InChI is InChI=1S/C20H22ClN3O/c1-2-24-14-15(18-7-3-4-8-19(18)24)6-5-13-22-20(25)23-17-11-9-16(21)10-12-17/h3-4,7-12,14H,2,5-6,13H2,1H3,(H2,22,23,25). The van der Waals surface area contributed by atoms with Gasteiger partial charge in [-0.05, 0) is 55.7 Å². The first-order valence-electron chi connectivity index (χ1n) is 8.54. The third-order valence-electron chi connectivity index (χ3n) is 4.22. The molecule has 0 spiro atoms. The largest absolute Gasteiger partial charge is 0.347 e. The predicted molar refractivity (Wildman–Crippen MR) is 104 cm³/mol. The van der Waals surface area contributed by atoms with Gasteiger partial charge in [0.05, 0.1) is 0 Å². The van der Waals surface area contributed by atoms with E-state index >= 15 is 0 Å². The van der Waals surface area contributed by atoms with E-state index in [0.29, 0.717) is 11.6 Å². The maximum Gasteiger partial charge on any atom is 0.319 e. The van der Waals surface area contributed by atoms with Crippen molar-refractivity contribution in [3.05, 3.63) is 65.3 Å². The number of nitrogens with one attached hydrogen (secondary N) is 2. The molecule has 5 heteroatoms. The highest BCUT2D eigenvalue weighted by atomic mass is 35.5. The van der Waals surface area contributed by atoms with Crippen LogP contribution in [0.25, 0.3) is 10.9 Å². The lowest BCUT2D eigenvalue weighted by Gasteiger charge is -2.07. The van der Waals surface area contributed by atoms with E-state index in [0.717, 1.165) is 25.1 Å². The number of nitrogens with zero attached hydrogens (tertiary/aromatic N) is 1. The summed E-state index contributed by atoms with van der Waals surface area (Å²) in [4.78, 5) is 11.9. The van der Waals surface area contributed by atoms with Crippen LogP contribution in [0.1, 0.15) is 18.9 Å². The Balaban J connectivity index is 1.50. The van der Waals surface area contributed by atoms with Gasteiger partial charge in [-0.3, -0.25) is 0 Å². The lowest BCUT2D eigenvalue weighted by molar-refractivity contribution is 0.252.